The van der Waals surface area contributed by atoms with E-state index in [2.05, 4.69) is 41.3 Å². The standard InChI is InChI=1S/C10H9IO/c1-7-4-5-12-10-3-2-8(11)6-9(7)10/h2-3,6H,1,4-5H2. The highest BCUT2D eigenvalue weighted by Crippen LogP contribution is 2.32. The second-order valence-electron chi connectivity index (χ2n) is 2.84. The van der Waals surface area contributed by atoms with E-state index < -0.39 is 0 Å². The SMILES string of the molecule is C=C1CCOc2ccc(I)cc21. The van der Waals surface area contributed by atoms with Crippen LogP contribution in [0.3, 0.4) is 0 Å². The number of rotatable bonds is 0. The lowest BCUT2D eigenvalue weighted by atomic mass is 10.0. The minimum absolute atomic E-state index is 0.770. The molecular formula is C10H9IO. The van der Waals surface area contributed by atoms with E-state index in [1.165, 1.54) is 14.7 Å². The lowest BCUT2D eigenvalue weighted by Crippen LogP contribution is -2.06. The van der Waals surface area contributed by atoms with Crippen LogP contribution < -0.4 is 4.74 Å². The smallest absolute Gasteiger partial charge is 0.126 e. The van der Waals surface area contributed by atoms with Crippen molar-refractivity contribution in [2.24, 2.45) is 0 Å². The first kappa shape index (κ1) is 8.10. The van der Waals surface area contributed by atoms with Crippen LogP contribution in [0.4, 0.5) is 0 Å². The van der Waals surface area contributed by atoms with Crippen LogP contribution in [0.5, 0.6) is 5.75 Å². The normalized spacial score (nSPS) is 15.2. The molecule has 1 aliphatic heterocycles. The van der Waals surface area contributed by atoms with Crippen molar-refractivity contribution in [3.63, 3.8) is 0 Å². The molecule has 0 bridgehead atoms. The van der Waals surface area contributed by atoms with Gasteiger partial charge in [-0.1, -0.05) is 6.58 Å². The molecule has 62 valence electrons. The molecule has 1 aliphatic rings. The van der Waals surface area contributed by atoms with E-state index in [4.69, 9.17) is 4.74 Å². The Morgan fingerprint density at radius 1 is 1.42 bits per heavy atom. The monoisotopic (exact) mass is 272 g/mol. The molecule has 0 radical (unpaired) electrons. The van der Waals surface area contributed by atoms with Gasteiger partial charge in [0.1, 0.15) is 5.75 Å². The fourth-order valence-corrected chi connectivity index (χ4v) is 1.81. The van der Waals surface area contributed by atoms with Gasteiger partial charge in [-0.25, -0.2) is 0 Å². The number of halogens is 1. The summed E-state index contributed by atoms with van der Waals surface area (Å²) >= 11 is 2.30. The highest BCUT2D eigenvalue weighted by atomic mass is 127. The van der Waals surface area contributed by atoms with E-state index in [0.717, 1.165) is 18.8 Å². The van der Waals surface area contributed by atoms with E-state index >= 15 is 0 Å². The largest absolute Gasteiger partial charge is 0.493 e. The third kappa shape index (κ3) is 1.35. The van der Waals surface area contributed by atoms with Gasteiger partial charge < -0.3 is 4.74 Å². The summed E-state index contributed by atoms with van der Waals surface area (Å²) in [5.41, 5.74) is 2.36. The summed E-state index contributed by atoms with van der Waals surface area (Å²) in [6, 6.07) is 6.19. The van der Waals surface area contributed by atoms with Crippen LogP contribution in [0.15, 0.2) is 24.8 Å². The molecular weight excluding hydrogens is 263 g/mol. The molecule has 0 amide bonds. The van der Waals surface area contributed by atoms with Crippen molar-refractivity contribution in [2.75, 3.05) is 6.61 Å². The topological polar surface area (TPSA) is 9.23 Å². The number of benzene rings is 1. The lowest BCUT2D eigenvalue weighted by Gasteiger charge is -2.19. The highest BCUT2D eigenvalue weighted by molar-refractivity contribution is 14.1. The van der Waals surface area contributed by atoms with Crippen LogP contribution >= 0.6 is 22.6 Å². The van der Waals surface area contributed by atoms with Gasteiger partial charge >= 0.3 is 0 Å². The quantitative estimate of drug-likeness (QED) is 0.659. The van der Waals surface area contributed by atoms with Crippen molar-refractivity contribution in [3.8, 4) is 5.75 Å². The summed E-state index contributed by atoms with van der Waals surface area (Å²) in [6.45, 7) is 4.78. The zero-order chi connectivity index (χ0) is 8.55. The predicted octanol–water partition coefficient (Wildman–Crippen LogP) is 3.09. The fraction of sp³-hybridized carbons (Fsp3) is 0.200. The maximum atomic E-state index is 5.48. The lowest BCUT2D eigenvalue weighted by molar-refractivity contribution is 0.316. The van der Waals surface area contributed by atoms with Gasteiger partial charge in [0.25, 0.3) is 0 Å². The molecule has 12 heavy (non-hydrogen) atoms. The summed E-state index contributed by atoms with van der Waals surface area (Å²) in [6.07, 6.45) is 0.951. The molecule has 1 aromatic rings. The molecule has 2 rings (SSSR count). The van der Waals surface area contributed by atoms with Crippen molar-refractivity contribution < 1.29 is 4.74 Å². The zero-order valence-electron chi connectivity index (χ0n) is 6.64. The summed E-state index contributed by atoms with van der Waals surface area (Å²) in [7, 11) is 0. The molecule has 0 aliphatic carbocycles. The molecule has 0 aromatic heterocycles. The van der Waals surface area contributed by atoms with E-state index in [0.29, 0.717) is 0 Å². The van der Waals surface area contributed by atoms with E-state index in [1.54, 1.807) is 0 Å². The first-order chi connectivity index (χ1) is 5.77. The summed E-state index contributed by atoms with van der Waals surface area (Å²) < 4.78 is 6.72. The molecule has 1 aromatic carbocycles. The Hall–Kier alpha value is -0.510. The Morgan fingerprint density at radius 2 is 2.25 bits per heavy atom. The Kier molecular flexibility index (Phi) is 2.09. The minimum atomic E-state index is 0.770. The first-order valence-electron chi connectivity index (χ1n) is 3.88. The van der Waals surface area contributed by atoms with Crippen LogP contribution in [0.25, 0.3) is 5.57 Å². The van der Waals surface area contributed by atoms with Crippen molar-refractivity contribution in [1.82, 2.24) is 0 Å². The van der Waals surface area contributed by atoms with Crippen molar-refractivity contribution in [2.45, 2.75) is 6.42 Å². The van der Waals surface area contributed by atoms with E-state index in [-0.39, 0.29) is 0 Å². The van der Waals surface area contributed by atoms with Crippen molar-refractivity contribution in [1.29, 1.82) is 0 Å². The second kappa shape index (κ2) is 3.09. The Morgan fingerprint density at radius 3 is 3.08 bits per heavy atom. The summed E-state index contributed by atoms with van der Waals surface area (Å²) in [4.78, 5) is 0. The highest BCUT2D eigenvalue weighted by Gasteiger charge is 2.12. The molecule has 1 nitrogen and oxygen atoms in total. The average molecular weight is 272 g/mol. The van der Waals surface area contributed by atoms with Gasteiger partial charge in [-0.05, 0) is 46.4 Å². The van der Waals surface area contributed by atoms with Gasteiger partial charge in [-0.2, -0.15) is 0 Å². The van der Waals surface area contributed by atoms with Crippen LogP contribution in [-0.4, -0.2) is 6.61 Å². The minimum Gasteiger partial charge on any atom is -0.493 e. The maximum absolute atomic E-state index is 5.48. The van der Waals surface area contributed by atoms with Gasteiger partial charge in [0, 0.05) is 15.6 Å². The van der Waals surface area contributed by atoms with Crippen LogP contribution in [-0.2, 0) is 0 Å². The average Bonchev–Trinajstić information content (AvgIpc) is 2.07. The van der Waals surface area contributed by atoms with Gasteiger partial charge in [-0.3, -0.25) is 0 Å². The third-order valence-corrected chi connectivity index (χ3v) is 2.65. The number of ether oxygens (including phenoxy) is 1. The van der Waals surface area contributed by atoms with Crippen LogP contribution in [0, 0.1) is 3.57 Å². The second-order valence-corrected chi connectivity index (χ2v) is 4.09. The van der Waals surface area contributed by atoms with Crippen molar-refractivity contribution in [3.05, 3.63) is 33.9 Å². The number of hydrogen-bond acceptors (Lipinski definition) is 1. The zero-order valence-corrected chi connectivity index (χ0v) is 8.80. The molecule has 0 N–H and O–H groups in total. The van der Waals surface area contributed by atoms with Crippen molar-refractivity contribution >= 4 is 28.2 Å². The molecule has 0 spiro atoms. The summed E-state index contributed by atoms with van der Waals surface area (Å²) in [5.74, 6) is 0.978. The van der Waals surface area contributed by atoms with E-state index in [1.807, 2.05) is 6.07 Å². The Balaban J connectivity index is 2.54. The molecule has 0 fully saturated rings. The Labute approximate surface area is 85.6 Å². The third-order valence-electron chi connectivity index (χ3n) is 1.98. The fourth-order valence-electron chi connectivity index (χ4n) is 1.32. The van der Waals surface area contributed by atoms with Gasteiger partial charge in [0.15, 0.2) is 0 Å². The van der Waals surface area contributed by atoms with Gasteiger partial charge in [0.05, 0.1) is 6.61 Å². The molecule has 0 saturated carbocycles. The van der Waals surface area contributed by atoms with Gasteiger partial charge in [-0.15, -0.1) is 0 Å². The summed E-state index contributed by atoms with van der Waals surface area (Å²) in [5, 5.41) is 0. The maximum Gasteiger partial charge on any atom is 0.126 e. The predicted molar refractivity (Wildman–Crippen MR) is 58.3 cm³/mol. The number of fused-ring (bicyclic) bond motifs is 1. The van der Waals surface area contributed by atoms with Gasteiger partial charge in [0.2, 0.25) is 0 Å². The van der Waals surface area contributed by atoms with E-state index in [9.17, 15) is 0 Å². The first-order valence-corrected chi connectivity index (χ1v) is 4.96. The molecule has 0 saturated heterocycles. The van der Waals surface area contributed by atoms with Crippen LogP contribution in [0.2, 0.25) is 0 Å². The van der Waals surface area contributed by atoms with Crippen LogP contribution in [0.1, 0.15) is 12.0 Å². The molecule has 1 heterocycles. The Bertz CT molecular complexity index is 331. The number of hydrogen-bond donors (Lipinski definition) is 0. The molecule has 0 atom stereocenters. The molecule has 2 heteroatoms. The molecule has 0 unspecified atom stereocenters.